The largest absolute Gasteiger partial charge is 0.497 e. The molecule has 26 heavy (non-hydrogen) atoms. The van der Waals surface area contributed by atoms with E-state index in [4.69, 9.17) is 9.47 Å². The maximum Gasteiger partial charge on any atom is 0.265 e. The van der Waals surface area contributed by atoms with Gasteiger partial charge in [0.2, 0.25) is 0 Å². The fourth-order valence-electron chi connectivity index (χ4n) is 2.50. The van der Waals surface area contributed by atoms with E-state index in [1.165, 1.54) is 11.3 Å². The van der Waals surface area contributed by atoms with Gasteiger partial charge in [-0.15, -0.1) is 11.3 Å². The van der Waals surface area contributed by atoms with Gasteiger partial charge in [-0.05, 0) is 37.4 Å². The van der Waals surface area contributed by atoms with Crippen molar-refractivity contribution in [3.8, 4) is 11.5 Å². The molecule has 0 aliphatic carbocycles. The van der Waals surface area contributed by atoms with Crippen LogP contribution in [0, 0.1) is 6.92 Å². The summed E-state index contributed by atoms with van der Waals surface area (Å²) < 4.78 is 12.8. The molecule has 6 nitrogen and oxygen atoms in total. The number of ether oxygens (including phenoxy) is 2. The SMILES string of the molecule is CCn1ncc(NC(=O)c2cc(COc3cccc(OC)c3)cs2)c1C. The summed E-state index contributed by atoms with van der Waals surface area (Å²) in [4.78, 5) is 13.1. The first-order valence-corrected chi connectivity index (χ1v) is 9.16. The average molecular weight is 371 g/mol. The molecule has 2 aromatic heterocycles. The number of hydrogen-bond acceptors (Lipinski definition) is 5. The number of benzene rings is 1. The number of aryl methyl sites for hydroxylation is 1. The van der Waals surface area contributed by atoms with Crippen LogP contribution in [0.25, 0.3) is 0 Å². The molecule has 0 radical (unpaired) electrons. The smallest absolute Gasteiger partial charge is 0.265 e. The van der Waals surface area contributed by atoms with Gasteiger partial charge in [-0.3, -0.25) is 9.48 Å². The van der Waals surface area contributed by atoms with Crippen molar-refractivity contribution in [2.75, 3.05) is 12.4 Å². The van der Waals surface area contributed by atoms with Crippen LogP contribution < -0.4 is 14.8 Å². The van der Waals surface area contributed by atoms with E-state index in [-0.39, 0.29) is 5.91 Å². The van der Waals surface area contributed by atoms with Crippen LogP contribution >= 0.6 is 11.3 Å². The predicted octanol–water partition coefficient (Wildman–Crippen LogP) is 4.11. The minimum absolute atomic E-state index is 0.138. The first-order chi connectivity index (χ1) is 12.6. The molecule has 7 heteroatoms. The molecule has 2 heterocycles. The average Bonchev–Trinajstić information content (AvgIpc) is 3.27. The molecule has 3 aromatic rings. The lowest BCUT2D eigenvalue weighted by Crippen LogP contribution is -2.11. The highest BCUT2D eigenvalue weighted by Gasteiger charge is 2.13. The van der Waals surface area contributed by atoms with Gasteiger partial charge in [0.15, 0.2) is 0 Å². The summed E-state index contributed by atoms with van der Waals surface area (Å²) in [7, 11) is 1.62. The van der Waals surface area contributed by atoms with Crippen molar-refractivity contribution < 1.29 is 14.3 Å². The number of carbonyl (C=O) groups excluding carboxylic acids is 1. The molecule has 0 saturated carbocycles. The van der Waals surface area contributed by atoms with E-state index < -0.39 is 0 Å². The van der Waals surface area contributed by atoms with Gasteiger partial charge in [-0.2, -0.15) is 5.10 Å². The first kappa shape index (κ1) is 18.0. The normalized spacial score (nSPS) is 10.6. The summed E-state index contributed by atoms with van der Waals surface area (Å²) in [6, 6.07) is 9.28. The van der Waals surface area contributed by atoms with Gasteiger partial charge in [0.05, 0.1) is 29.6 Å². The van der Waals surface area contributed by atoms with Gasteiger partial charge in [0.1, 0.15) is 18.1 Å². The highest BCUT2D eigenvalue weighted by molar-refractivity contribution is 7.12. The molecule has 0 atom stereocenters. The van der Waals surface area contributed by atoms with Crippen LogP contribution in [0.5, 0.6) is 11.5 Å². The Morgan fingerprint density at radius 3 is 2.85 bits per heavy atom. The molecule has 3 rings (SSSR count). The van der Waals surface area contributed by atoms with Crippen LogP contribution in [0.4, 0.5) is 5.69 Å². The molecule has 0 aliphatic heterocycles. The van der Waals surface area contributed by atoms with E-state index in [9.17, 15) is 4.79 Å². The fourth-order valence-corrected chi connectivity index (χ4v) is 3.29. The molecular weight excluding hydrogens is 350 g/mol. The Kier molecular flexibility index (Phi) is 5.58. The standard InChI is InChI=1S/C19H21N3O3S/c1-4-22-13(2)17(10-20-22)21-19(23)18-8-14(12-26-18)11-25-16-7-5-6-15(9-16)24-3/h5-10,12H,4,11H2,1-3H3,(H,21,23). The van der Waals surface area contributed by atoms with E-state index in [1.54, 1.807) is 13.3 Å². The second kappa shape index (κ2) is 8.05. The molecule has 0 spiro atoms. The molecule has 1 aromatic carbocycles. The number of amides is 1. The number of carbonyl (C=O) groups is 1. The monoisotopic (exact) mass is 371 g/mol. The number of thiophene rings is 1. The Morgan fingerprint density at radius 1 is 1.31 bits per heavy atom. The molecule has 136 valence electrons. The summed E-state index contributed by atoms with van der Waals surface area (Å²) in [5.41, 5.74) is 2.63. The zero-order chi connectivity index (χ0) is 18.5. The Labute approximate surface area is 156 Å². The van der Waals surface area contributed by atoms with Crippen molar-refractivity contribution in [2.45, 2.75) is 27.0 Å². The number of aromatic nitrogens is 2. The van der Waals surface area contributed by atoms with Gasteiger partial charge in [0.25, 0.3) is 5.91 Å². The van der Waals surface area contributed by atoms with Gasteiger partial charge < -0.3 is 14.8 Å². The Hall–Kier alpha value is -2.80. The van der Waals surface area contributed by atoms with E-state index >= 15 is 0 Å². The van der Waals surface area contributed by atoms with Crippen LogP contribution in [0.2, 0.25) is 0 Å². The van der Waals surface area contributed by atoms with Crippen LogP contribution in [0.15, 0.2) is 41.9 Å². The van der Waals surface area contributed by atoms with Gasteiger partial charge in [-0.1, -0.05) is 6.07 Å². The molecule has 0 unspecified atom stereocenters. The third kappa shape index (κ3) is 4.05. The summed E-state index contributed by atoms with van der Waals surface area (Å²) in [5, 5.41) is 9.08. The van der Waals surface area contributed by atoms with E-state index in [0.29, 0.717) is 11.5 Å². The lowest BCUT2D eigenvalue weighted by Gasteiger charge is -2.06. The molecule has 0 aliphatic rings. The number of nitrogens with zero attached hydrogens (tertiary/aromatic N) is 2. The van der Waals surface area contributed by atoms with Crippen molar-refractivity contribution in [1.82, 2.24) is 9.78 Å². The second-order valence-corrected chi connectivity index (χ2v) is 6.61. The molecule has 1 amide bonds. The van der Waals surface area contributed by atoms with E-state index in [2.05, 4.69) is 10.4 Å². The van der Waals surface area contributed by atoms with Gasteiger partial charge in [-0.25, -0.2) is 0 Å². The molecular formula is C19H21N3O3S. The maximum absolute atomic E-state index is 12.4. The Bertz CT molecular complexity index is 901. The summed E-state index contributed by atoms with van der Waals surface area (Å²) >= 11 is 1.39. The van der Waals surface area contributed by atoms with E-state index in [1.807, 2.05) is 54.2 Å². The molecule has 0 saturated heterocycles. The highest BCUT2D eigenvalue weighted by atomic mass is 32.1. The van der Waals surface area contributed by atoms with Crippen LogP contribution in [-0.2, 0) is 13.2 Å². The first-order valence-electron chi connectivity index (χ1n) is 8.28. The van der Waals surface area contributed by atoms with Crippen molar-refractivity contribution in [2.24, 2.45) is 0 Å². The Morgan fingerprint density at radius 2 is 2.12 bits per heavy atom. The maximum atomic E-state index is 12.4. The van der Waals surface area contributed by atoms with Gasteiger partial charge in [0, 0.05) is 18.2 Å². The number of methoxy groups -OCH3 is 1. The number of hydrogen-bond donors (Lipinski definition) is 1. The quantitative estimate of drug-likeness (QED) is 0.679. The molecule has 0 fully saturated rings. The van der Waals surface area contributed by atoms with E-state index in [0.717, 1.165) is 35.0 Å². The van der Waals surface area contributed by atoms with Crippen molar-refractivity contribution >= 4 is 22.9 Å². The van der Waals surface area contributed by atoms with Crippen LogP contribution in [0.1, 0.15) is 27.9 Å². The third-order valence-electron chi connectivity index (χ3n) is 3.98. The summed E-state index contributed by atoms with van der Waals surface area (Å²) in [6.07, 6.45) is 1.68. The van der Waals surface area contributed by atoms with Crippen molar-refractivity contribution in [3.05, 3.63) is 58.0 Å². The minimum Gasteiger partial charge on any atom is -0.497 e. The zero-order valence-corrected chi connectivity index (χ0v) is 15.8. The fraction of sp³-hybridized carbons (Fsp3) is 0.263. The highest BCUT2D eigenvalue weighted by Crippen LogP contribution is 2.22. The second-order valence-electron chi connectivity index (χ2n) is 5.70. The molecule has 1 N–H and O–H groups in total. The van der Waals surface area contributed by atoms with Crippen molar-refractivity contribution in [3.63, 3.8) is 0 Å². The third-order valence-corrected chi connectivity index (χ3v) is 4.95. The predicted molar refractivity (Wildman–Crippen MR) is 102 cm³/mol. The number of rotatable bonds is 7. The van der Waals surface area contributed by atoms with Crippen LogP contribution in [-0.4, -0.2) is 22.8 Å². The molecule has 0 bridgehead atoms. The zero-order valence-electron chi connectivity index (χ0n) is 15.0. The topological polar surface area (TPSA) is 65.4 Å². The minimum atomic E-state index is -0.138. The Balaban J connectivity index is 1.61. The lowest BCUT2D eigenvalue weighted by atomic mass is 10.3. The lowest BCUT2D eigenvalue weighted by molar-refractivity contribution is 0.103. The van der Waals surface area contributed by atoms with Crippen LogP contribution in [0.3, 0.4) is 0 Å². The van der Waals surface area contributed by atoms with Gasteiger partial charge >= 0.3 is 0 Å². The van der Waals surface area contributed by atoms with Crippen molar-refractivity contribution in [1.29, 1.82) is 0 Å². The summed E-state index contributed by atoms with van der Waals surface area (Å²) in [5.74, 6) is 1.33. The number of anilines is 1. The number of nitrogens with one attached hydrogen (secondary N) is 1. The summed E-state index contributed by atoms with van der Waals surface area (Å²) in [6.45, 7) is 5.11.